The van der Waals surface area contributed by atoms with Gasteiger partial charge in [-0.25, -0.2) is 9.59 Å². The van der Waals surface area contributed by atoms with Crippen LogP contribution in [0.4, 0.5) is 4.79 Å². The molecule has 1 aliphatic rings. The van der Waals surface area contributed by atoms with Crippen LogP contribution in [0.2, 0.25) is 0 Å². The van der Waals surface area contributed by atoms with Crippen LogP contribution < -0.4 is 5.32 Å². The van der Waals surface area contributed by atoms with Crippen molar-refractivity contribution in [3.8, 4) is 0 Å². The predicted molar refractivity (Wildman–Crippen MR) is 99.5 cm³/mol. The van der Waals surface area contributed by atoms with E-state index in [9.17, 15) is 9.59 Å². The Morgan fingerprint density at radius 1 is 0.800 bits per heavy atom. The summed E-state index contributed by atoms with van der Waals surface area (Å²) in [6.07, 6.45) is 12.8. The van der Waals surface area contributed by atoms with Gasteiger partial charge in [-0.1, -0.05) is 71.6 Å². The Hall–Kier alpha value is -1.26. The van der Waals surface area contributed by atoms with E-state index in [1.54, 1.807) is 0 Å². The summed E-state index contributed by atoms with van der Waals surface area (Å²) in [5.74, 6) is -0.288. The Morgan fingerprint density at radius 2 is 1.36 bits per heavy atom. The topological polar surface area (TPSA) is 64.6 Å². The lowest BCUT2D eigenvalue weighted by molar-refractivity contribution is -0.151. The van der Waals surface area contributed by atoms with E-state index in [0.717, 1.165) is 38.5 Å². The summed E-state index contributed by atoms with van der Waals surface area (Å²) in [6, 6.07) is 0. The minimum atomic E-state index is -0.871. The zero-order valence-corrected chi connectivity index (χ0v) is 16.2. The summed E-state index contributed by atoms with van der Waals surface area (Å²) < 4.78 is 10.6. The molecule has 0 unspecified atom stereocenters. The fourth-order valence-corrected chi connectivity index (χ4v) is 3.26. The molecule has 0 atom stereocenters. The number of esters is 1. The smallest absolute Gasteiger partial charge is 0.408 e. The van der Waals surface area contributed by atoms with Gasteiger partial charge in [-0.3, -0.25) is 0 Å². The highest BCUT2D eigenvalue weighted by molar-refractivity contribution is 5.86. The largest absolute Gasteiger partial charge is 0.464 e. The van der Waals surface area contributed by atoms with Crippen molar-refractivity contribution in [2.45, 2.75) is 103 Å². The molecule has 5 heteroatoms. The highest BCUT2D eigenvalue weighted by Crippen LogP contribution is 2.31. The molecule has 0 aromatic rings. The fourth-order valence-electron chi connectivity index (χ4n) is 3.26. The molecule has 0 aromatic heterocycles. The summed E-state index contributed by atoms with van der Waals surface area (Å²) >= 11 is 0. The van der Waals surface area contributed by atoms with Crippen LogP contribution in [0.15, 0.2) is 0 Å². The Labute approximate surface area is 153 Å². The van der Waals surface area contributed by atoms with Crippen LogP contribution in [0.25, 0.3) is 0 Å². The van der Waals surface area contributed by atoms with Crippen molar-refractivity contribution in [2.24, 2.45) is 0 Å². The van der Waals surface area contributed by atoms with Crippen molar-refractivity contribution in [1.29, 1.82) is 0 Å². The van der Waals surface area contributed by atoms with Crippen LogP contribution in [0.1, 0.15) is 97.3 Å². The van der Waals surface area contributed by atoms with Crippen molar-refractivity contribution in [2.75, 3.05) is 13.2 Å². The third-order valence-corrected chi connectivity index (χ3v) is 4.90. The van der Waals surface area contributed by atoms with E-state index >= 15 is 0 Å². The van der Waals surface area contributed by atoms with Gasteiger partial charge in [0.25, 0.3) is 0 Å². The van der Waals surface area contributed by atoms with Crippen LogP contribution in [0.3, 0.4) is 0 Å². The number of rotatable bonds is 13. The second-order valence-corrected chi connectivity index (χ2v) is 7.16. The molecule has 1 rings (SSSR count). The van der Waals surface area contributed by atoms with Gasteiger partial charge in [-0.05, 0) is 25.7 Å². The molecule has 0 aliphatic heterocycles. The molecule has 1 fully saturated rings. The summed E-state index contributed by atoms with van der Waals surface area (Å²) in [6.45, 7) is 5.10. The number of hydrogen-bond acceptors (Lipinski definition) is 4. The lowest BCUT2D eigenvalue weighted by Crippen LogP contribution is -2.53. The Balaban J connectivity index is 2.27. The predicted octanol–water partition coefficient (Wildman–Crippen LogP) is 5.12. The van der Waals surface area contributed by atoms with E-state index < -0.39 is 11.6 Å². The minimum Gasteiger partial charge on any atom is -0.464 e. The van der Waals surface area contributed by atoms with E-state index in [1.165, 1.54) is 32.1 Å². The molecule has 0 heterocycles. The number of carbonyl (C=O) groups excluding carboxylic acids is 2. The van der Waals surface area contributed by atoms with Gasteiger partial charge in [0.2, 0.25) is 0 Å². The van der Waals surface area contributed by atoms with Gasteiger partial charge in [0, 0.05) is 0 Å². The van der Waals surface area contributed by atoms with Gasteiger partial charge in [-0.2, -0.15) is 0 Å². The average Bonchev–Trinajstić information content (AvgIpc) is 3.07. The molecule has 0 saturated heterocycles. The van der Waals surface area contributed by atoms with Crippen LogP contribution >= 0.6 is 0 Å². The third kappa shape index (κ3) is 8.59. The molecule has 1 saturated carbocycles. The highest BCUT2D eigenvalue weighted by atomic mass is 16.6. The number of hydrogen-bond donors (Lipinski definition) is 1. The fraction of sp³-hybridized carbons (Fsp3) is 0.900. The van der Waals surface area contributed by atoms with E-state index in [0.29, 0.717) is 26.1 Å². The lowest BCUT2D eigenvalue weighted by atomic mass is 9.98. The number of nitrogens with one attached hydrogen (secondary N) is 1. The molecule has 1 amide bonds. The first kappa shape index (κ1) is 21.8. The van der Waals surface area contributed by atoms with Gasteiger partial charge < -0.3 is 14.8 Å². The summed E-state index contributed by atoms with van der Waals surface area (Å²) in [5, 5.41) is 2.79. The molecule has 146 valence electrons. The first-order chi connectivity index (χ1) is 12.1. The standard InChI is InChI=1S/C20H37NO4/c1-3-5-7-8-9-10-13-17-24-18(22)20(14-11-12-15-20)21-19(23)25-16-6-4-2/h3-17H2,1-2H3,(H,21,23). The van der Waals surface area contributed by atoms with Crippen molar-refractivity contribution in [3.63, 3.8) is 0 Å². The van der Waals surface area contributed by atoms with Crippen molar-refractivity contribution < 1.29 is 19.1 Å². The summed E-state index contributed by atoms with van der Waals surface area (Å²) in [7, 11) is 0. The first-order valence-corrected chi connectivity index (χ1v) is 10.3. The van der Waals surface area contributed by atoms with Gasteiger partial charge in [0.1, 0.15) is 5.54 Å². The maximum Gasteiger partial charge on any atom is 0.408 e. The zero-order valence-electron chi connectivity index (χ0n) is 16.2. The SMILES string of the molecule is CCCCCCCCCOC(=O)C1(NC(=O)OCCCC)CCCC1. The van der Waals surface area contributed by atoms with Gasteiger partial charge in [-0.15, -0.1) is 0 Å². The van der Waals surface area contributed by atoms with Crippen molar-refractivity contribution in [3.05, 3.63) is 0 Å². The molecule has 1 aliphatic carbocycles. The summed E-state index contributed by atoms with van der Waals surface area (Å²) in [4.78, 5) is 24.5. The minimum absolute atomic E-state index is 0.288. The Kier molecular flexibility index (Phi) is 11.3. The first-order valence-electron chi connectivity index (χ1n) is 10.3. The van der Waals surface area contributed by atoms with Crippen LogP contribution in [-0.4, -0.2) is 30.8 Å². The second-order valence-electron chi connectivity index (χ2n) is 7.16. The number of alkyl carbamates (subject to hydrolysis) is 1. The maximum atomic E-state index is 12.5. The normalized spacial score (nSPS) is 15.8. The monoisotopic (exact) mass is 355 g/mol. The molecule has 0 aromatic carbocycles. The van der Waals surface area contributed by atoms with E-state index in [1.807, 2.05) is 6.92 Å². The molecular formula is C20H37NO4. The van der Waals surface area contributed by atoms with Gasteiger partial charge in [0.15, 0.2) is 0 Å². The third-order valence-electron chi connectivity index (χ3n) is 4.90. The molecule has 1 N–H and O–H groups in total. The van der Waals surface area contributed by atoms with Crippen LogP contribution in [0, 0.1) is 0 Å². The molecular weight excluding hydrogens is 318 g/mol. The average molecular weight is 356 g/mol. The quantitative estimate of drug-likeness (QED) is 0.368. The van der Waals surface area contributed by atoms with E-state index in [2.05, 4.69) is 12.2 Å². The molecule has 0 radical (unpaired) electrons. The Bertz CT molecular complexity index is 378. The van der Waals surface area contributed by atoms with Gasteiger partial charge in [0.05, 0.1) is 13.2 Å². The van der Waals surface area contributed by atoms with Gasteiger partial charge >= 0.3 is 12.1 Å². The molecule has 0 spiro atoms. The zero-order chi connectivity index (χ0) is 18.4. The number of carbonyl (C=O) groups is 2. The number of ether oxygens (including phenoxy) is 2. The van der Waals surface area contributed by atoms with Crippen molar-refractivity contribution >= 4 is 12.1 Å². The molecule has 0 bridgehead atoms. The molecule has 5 nitrogen and oxygen atoms in total. The summed E-state index contributed by atoms with van der Waals surface area (Å²) in [5.41, 5.74) is -0.871. The Morgan fingerprint density at radius 3 is 2.00 bits per heavy atom. The highest BCUT2D eigenvalue weighted by Gasteiger charge is 2.44. The number of amides is 1. The second kappa shape index (κ2) is 13.0. The lowest BCUT2D eigenvalue weighted by Gasteiger charge is -2.27. The maximum absolute atomic E-state index is 12.5. The number of unbranched alkanes of at least 4 members (excludes halogenated alkanes) is 7. The molecule has 25 heavy (non-hydrogen) atoms. The van der Waals surface area contributed by atoms with Crippen LogP contribution in [0.5, 0.6) is 0 Å². The van der Waals surface area contributed by atoms with E-state index in [4.69, 9.17) is 9.47 Å². The van der Waals surface area contributed by atoms with E-state index in [-0.39, 0.29) is 5.97 Å². The van der Waals surface area contributed by atoms with Crippen LogP contribution in [-0.2, 0) is 14.3 Å². The van der Waals surface area contributed by atoms with Crippen molar-refractivity contribution in [1.82, 2.24) is 5.32 Å².